The fourth-order valence-corrected chi connectivity index (χ4v) is 11.3. The SMILES string of the molecule is COC(=O)c1cnc2c(ccn2[Si](C(C)C)(C(C)C)C(C)C)c1Cl. The summed E-state index contributed by atoms with van der Waals surface area (Å²) in [5.74, 6) is -0.456. The van der Waals surface area contributed by atoms with Crippen molar-refractivity contribution in [3.8, 4) is 0 Å². The summed E-state index contributed by atoms with van der Waals surface area (Å²) in [4.78, 5) is 16.5. The van der Waals surface area contributed by atoms with Crippen LogP contribution in [0.4, 0.5) is 0 Å². The van der Waals surface area contributed by atoms with Gasteiger partial charge in [-0.2, -0.15) is 0 Å². The molecule has 0 bridgehead atoms. The van der Waals surface area contributed by atoms with Crippen LogP contribution in [0.1, 0.15) is 51.9 Å². The van der Waals surface area contributed by atoms with Crippen LogP contribution in [-0.4, -0.2) is 30.5 Å². The lowest BCUT2D eigenvalue weighted by Gasteiger charge is -2.44. The van der Waals surface area contributed by atoms with Gasteiger partial charge in [-0.3, -0.25) is 0 Å². The number of halogens is 1. The molecule has 0 amide bonds. The van der Waals surface area contributed by atoms with Gasteiger partial charge in [0.2, 0.25) is 0 Å². The van der Waals surface area contributed by atoms with Crippen LogP contribution in [0, 0.1) is 0 Å². The summed E-state index contributed by atoms with van der Waals surface area (Å²) >= 11 is 6.48. The number of methoxy groups -OCH3 is 1. The van der Waals surface area contributed by atoms with E-state index in [1.54, 1.807) is 0 Å². The van der Waals surface area contributed by atoms with Gasteiger partial charge in [-0.1, -0.05) is 53.1 Å². The second kappa shape index (κ2) is 6.88. The Hall–Kier alpha value is -1.33. The van der Waals surface area contributed by atoms with Crippen molar-refractivity contribution in [2.75, 3.05) is 7.11 Å². The normalized spacial score (nSPS) is 12.6. The molecule has 0 aliphatic heterocycles. The monoisotopic (exact) mass is 366 g/mol. The quantitative estimate of drug-likeness (QED) is 0.518. The van der Waals surface area contributed by atoms with E-state index in [4.69, 9.17) is 16.3 Å². The van der Waals surface area contributed by atoms with Gasteiger partial charge >= 0.3 is 5.97 Å². The number of carbonyl (C=O) groups is 1. The number of aromatic nitrogens is 2. The molecule has 2 aromatic rings. The number of rotatable bonds is 5. The summed E-state index contributed by atoms with van der Waals surface area (Å²) in [7, 11) is -0.563. The average Bonchev–Trinajstić information content (AvgIpc) is 2.91. The van der Waals surface area contributed by atoms with Gasteiger partial charge in [0, 0.05) is 11.6 Å². The smallest absolute Gasteiger partial charge is 0.340 e. The van der Waals surface area contributed by atoms with Crippen LogP contribution in [0.15, 0.2) is 18.5 Å². The van der Waals surface area contributed by atoms with Crippen LogP contribution in [-0.2, 0) is 4.74 Å². The van der Waals surface area contributed by atoms with Crippen LogP contribution in [0.5, 0.6) is 0 Å². The number of hydrogen-bond acceptors (Lipinski definition) is 3. The highest BCUT2D eigenvalue weighted by Gasteiger charge is 2.46. The van der Waals surface area contributed by atoms with Crippen molar-refractivity contribution in [3.63, 3.8) is 0 Å². The Kier molecular flexibility index (Phi) is 5.45. The number of ether oxygens (including phenoxy) is 1. The number of nitrogens with zero attached hydrogens (tertiary/aromatic N) is 2. The van der Waals surface area contributed by atoms with Crippen molar-refractivity contribution in [2.45, 2.75) is 58.2 Å². The highest BCUT2D eigenvalue weighted by Crippen LogP contribution is 2.44. The Balaban J connectivity index is 2.78. The van der Waals surface area contributed by atoms with Crippen molar-refractivity contribution in [3.05, 3.63) is 29.0 Å². The molecule has 0 saturated heterocycles. The zero-order chi connectivity index (χ0) is 18.2. The molecule has 0 saturated carbocycles. The van der Waals surface area contributed by atoms with E-state index in [9.17, 15) is 4.79 Å². The van der Waals surface area contributed by atoms with Crippen LogP contribution >= 0.6 is 11.6 Å². The van der Waals surface area contributed by atoms with Crippen LogP contribution in [0.3, 0.4) is 0 Å². The maximum Gasteiger partial charge on any atom is 0.340 e. The van der Waals surface area contributed by atoms with E-state index in [0.717, 1.165) is 11.0 Å². The summed E-state index contributed by atoms with van der Waals surface area (Å²) in [6, 6.07) is 1.98. The Bertz CT molecular complexity index is 731. The minimum absolute atomic E-state index is 0.315. The zero-order valence-electron chi connectivity index (χ0n) is 15.6. The molecule has 4 nitrogen and oxygen atoms in total. The highest BCUT2D eigenvalue weighted by atomic mass is 35.5. The Labute approximate surface area is 150 Å². The number of fused-ring (bicyclic) bond motifs is 1. The molecule has 0 spiro atoms. The summed E-state index contributed by atoms with van der Waals surface area (Å²) < 4.78 is 7.18. The van der Waals surface area contributed by atoms with Crippen molar-refractivity contribution >= 4 is 36.8 Å². The van der Waals surface area contributed by atoms with Crippen molar-refractivity contribution in [1.82, 2.24) is 9.22 Å². The van der Waals surface area contributed by atoms with E-state index in [2.05, 4.69) is 57.0 Å². The molecule has 132 valence electrons. The molecule has 2 rings (SSSR count). The first-order chi connectivity index (χ1) is 11.2. The van der Waals surface area contributed by atoms with Crippen LogP contribution in [0.25, 0.3) is 11.0 Å². The van der Waals surface area contributed by atoms with E-state index in [1.165, 1.54) is 13.3 Å². The Morgan fingerprint density at radius 2 is 1.71 bits per heavy atom. The summed E-state index contributed by atoms with van der Waals surface area (Å²) in [5, 5.41) is 1.24. The molecule has 0 aromatic carbocycles. The standard InChI is InChI=1S/C18H27ClN2O2Si/c1-11(2)24(12(3)4,13(5)6)21-9-8-14-16(19)15(18(22)23-7)10-20-17(14)21/h8-13H,1-7H3. The van der Waals surface area contributed by atoms with E-state index in [1.807, 2.05) is 6.07 Å². The predicted octanol–water partition coefficient (Wildman–Crippen LogP) is 5.50. The van der Waals surface area contributed by atoms with Gasteiger partial charge in [-0.15, -0.1) is 0 Å². The van der Waals surface area contributed by atoms with Gasteiger partial charge in [0.15, 0.2) is 8.24 Å². The van der Waals surface area contributed by atoms with Crippen molar-refractivity contribution in [1.29, 1.82) is 0 Å². The van der Waals surface area contributed by atoms with E-state index < -0.39 is 14.2 Å². The average molecular weight is 367 g/mol. The molecular formula is C18H27ClN2O2Si. The molecule has 0 aliphatic rings. The minimum Gasteiger partial charge on any atom is -0.465 e. The number of hydrogen-bond donors (Lipinski definition) is 0. The summed E-state index contributed by atoms with van der Waals surface area (Å²) in [6.45, 7) is 13.8. The third kappa shape index (κ3) is 2.67. The molecule has 24 heavy (non-hydrogen) atoms. The van der Waals surface area contributed by atoms with Crippen LogP contribution in [0.2, 0.25) is 21.6 Å². The lowest BCUT2D eigenvalue weighted by Crippen LogP contribution is -2.51. The van der Waals surface area contributed by atoms with Gasteiger partial charge in [-0.25, -0.2) is 9.78 Å². The zero-order valence-corrected chi connectivity index (χ0v) is 17.3. The van der Waals surface area contributed by atoms with E-state index >= 15 is 0 Å². The molecule has 2 aromatic heterocycles. The Morgan fingerprint density at radius 3 is 2.17 bits per heavy atom. The maximum atomic E-state index is 11.9. The van der Waals surface area contributed by atoms with Crippen molar-refractivity contribution < 1.29 is 9.53 Å². The molecule has 6 heteroatoms. The van der Waals surface area contributed by atoms with E-state index in [0.29, 0.717) is 27.2 Å². The summed E-state index contributed by atoms with van der Waals surface area (Å²) in [6.07, 6.45) is 3.64. The first-order valence-corrected chi connectivity index (χ1v) is 11.0. The molecule has 0 unspecified atom stereocenters. The molecule has 2 heterocycles. The molecule has 0 N–H and O–H groups in total. The molecule has 0 aliphatic carbocycles. The highest BCUT2D eigenvalue weighted by molar-refractivity contribution is 6.82. The van der Waals surface area contributed by atoms with Gasteiger partial charge in [0.25, 0.3) is 0 Å². The largest absolute Gasteiger partial charge is 0.465 e. The summed E-state index contributed by atoms with van der Waals surface area (Å²) in [5.41, 5.74) is 2.84. The third-order valence-corrected chi connectivity index (χ3v) is 12.4. The Morgan fingerprint density at radius 1 is 1.17 bits per heavy atom. The topological polar surface area (TPSA) is 44.1 Å². The van der Waals surface area contributed by atoms with Crippen molar-refractivity contribution in [2.24, 2.45) is 0 Å². The fourth-order valence-electron chi connectivity index (χ4n) is 4.45. The lowest BCUT2D eigenvalue weighted by molar-refractivity contribution is 0.0600. The van der Waals surface area contributed by atoms with E-state index in [-0.39, 0.29) is 0 Å². The predicted molar refractivity (Wildman–Crippen MR) is 103 cm³/mol. The lowest BCUT2D eigenvalue weighted by atomic mass is 10.2. The molecule has 0 radical (unpaired) electrons. The molecule has 0 atom stereocenters. The second-order valence-electron chi connectivity index (χ2n) is 7.25. The maximum absolute atomic E-state index is 11.9. The van der Waals surface area contributed by atoms with Gasteiger partial charge in [0.1, 0.15) is 5.65 Å². The first-order valence-electron chi connectivity index (χ1n) is 8.43. The minimum atomic E-state index is -1.91. The number of esters is 1. The van der Waals surface area contributed by atoms with Gasteiger partial charge in [-0.05, 0) is 28.9 Å². The van der Waals surface area contributed by atoms with Gasteiger partial charge < -0.3 is 8.97 Å². The van der Waals surface area contributed by atoms with Crippen LogP contribution < -0.4 is 0 Å². The second-order valence-corrected chi connectivity index (χ2v) is 13.4. The number of carbonyl (C=O) groups excluding carboxylic acids is 1. The third-order valence-electron chi connectivity index (χ3n) is 5.25. The molecule has 0 fully saturated rings. The van der Waals surface area contributed by atoms with Gasteiger partial charge in [0.05, 0.1) is 17.7 Å². The fraction of sp³-hybridized carbons (Fsp3) is 0.556. The number of pyridine rings is 1. The molecular weight excluding hydrogens is 340 g/mol. The first kappa shape index (κ1) is 19.0.